The van der Waals surface area contributed by atoms with Crippen LogP contribution in [0, 0.1) is 11.8 Å². The molecule has 0 aromatic carbocycles. The average molecular weight is 216 g/mol. The predicted octanol–water partition coefficient (Wildman–Crippen LogP) is 2.07. The van der Waals surface area contributed by atoms with Gasteiger partial charge in [0, 0.05) is 0 Å². The summed E-state index contributed by atoms with van der Waals surface area (Å²) in [7, 11) is 0. The van der Waals surface area contributed by atoms with Crippen molar-refractivity contribution >= 4 is 11.9 Å². The summed E-state index contributed by atoms with van der Waals surface area (Å²) in [4.78, 5) is 22.4. The van der Waals surface area contributed by atoms with Crippen LogP contribution >= 0.6 is 0 Å². The first-order chi connectivity index (χ1) is 6.69. The number of hydrogen-bond acceptors (Lipinski definition) is 3. The van der Waals surface area contributed by atoms with E-state index in [1.807, 2.05) is 0 Å². The van der Waals surface area contributed by atoms with Crippen LogP contribution in [-0.2, 0) is 14.3 Å². The Balaban J connectivity index is 4.49. The van der Waals surface area contributed by atoms with E-state index in [9.17, 15) is 9.59 Å². The zero-order valence-electron chi connectivity index (χ0n) is 10.0. The fraction of sp³-hybridized carbons (Fsp3) is 0.818. The van der Waals surface area contributed by atoms with E-state index in [1.54, 1.807) is 34.6 Å². The van der Waals surface area contributed by atoms with E-state index >= 15 is 0 Å². The zero-order valence-corrected chi connectivity index (χ0v) is 10.0. The van der Waals surface area contributed by atoms with Crippen molar-refractivity contribution in [2.45, 2.75) is 46.6 Å². The molecule has 2 unspecified atom stereocenters. The van der Waals surface area contributed by atoms with Gasteiger partial charge in [0.25, 0.3) is 0 Å². The number of rotatable bonds is 4. The molecular weight excluding hydrogens is 196 g/mol. The van der Waals surface area contributed by atoms with Crippen LogP contribution in [0.4, 0.5) is 0 Å². The molecule has 88 valence electrons. The van der Waals surface area contributed by atoms with Crippen LogP contribution in [0.1, 0.15) is 41.0 Å². The van der Waals surface area contributed by atoms with Crippen LogP contribution in [-0.4, -0.2) is 22.6 Å². The summed E-state index contributed by atoms with van der Waals surface area (Å²) in [5, 5.41) is 8.88. The third kappa shape index (κ3) is 4.81. The Bertz CT molecular complexity index is 239. The molecule has 0 fully saturated rings. The lowest BCUT2D eigenvalue weighted by Gasteiger charge is -2.24. The Morgan fingerprint density at radius 3 is 2.07 bits per heavy atom. The number of esters is 1. The summed E-state index contributed by atoms with van der Waals surface area (Å²) in [5.74, 6) is -2.67. The number of carbonyl (C=O) groups excluding carboxylic acids is 1. The second-order valence-corrected chi connectivity index (χ2v) is 4.68. The van der Waals surface area contributed by atoms with E-state index in [2.05, 4.69) is 0 Å². The van der Waals surface area contributed by atoms with Crippen molar-refractivity contribution in [2.75, 3.05) is 0 Å². The van der Waals surface area contributed by atoms with Crippen molar-refractivity contribution in [3.05, 3.63) is 0 Å². The molecule has 2 atom stereocenters. The number of carboxylic acids is 1. The highest BCUT2D eigenvalue weighted by atomic mass is 16.6. The average Bonchev–Trinajstić information content (AvgIpc) is 2.01. The molecule has 0 rings (SSSR count). The zero-order chi connectivity index (χ0) is 12.2. The maximum Gasteiger partial charge on any atom is 0.310 e. The van der Waals surface area contributed by atoms with Crippen LogP contribution in [0.3, 0.4) is 0 Å². The molecule has 0 spiro atoms. The Kier molecular flexibility index (Phi) is 4.78. The normalized spacial score (nSPS) is 15.5. The fourth-order valence-corrected chi connectivity index (χ4v) is 1.30. The summed E-state index contributed by atoms with van der Waals surface area (Å²) < 4.78 is 5.13. The molecule has 0 aliphatic rings. The summed E-state index contributed by atoms with van der Waals surface area (Å²) in [6.45, 7) is 8.63. The van der Waals surface area contributed by atoms with Crippen molar-refractivity contribution in [1.29, 1.82) is 0 Å². The highest BCUT2D eigenvalue weighted by Crippen LogP contribution is 2.20. The van der Waals surface area contributed by atoms with Gasteiger partial charge in [-0.2, -0.15) is 0 Å². The van der Waals surface area contributed by atoms with Crippen LogP contribution in [0.25, 0.3) is 0 Å². The van der Waals surface area contributed by atoms with Crippen LogP contribution in [0.5, 0.6) is 0 Å². The van der Waals surface area contributed by atoms with Gasteiger partial charge >= 0.3 is 11.9 Å². The molecule has 0 bridgehead atoms. The monoisotopic (exact) mass is 216 g/mol. The predicted molar refractivity (Wildman–Crippen MR) is 56.4 cm³/mol. The number of hydrogen-bond donors (Lipinski definition) is 1. The van der Waals surface area contributed by atoms with Gasteiger partial charge in [0.2, 0.25) is 0 Å². The topological polar surface area (TPSA) is 63.6 Å². The summed E-state index contributed by atoms with van der Waals surface area (Å²) >= 11 is 0. The maximum atomic E-state index is 11.6. The third-order valence-corrected chi connectivity index (χ3v) is 2.14. The van der Waals surface area contributed by atoms with Gasteiger partial charge in [-0.3, -0.25) is 9.59 Å². The minimum absolute atomic E-state index is 0.426. The molecular formula is C11H20O4. The third-order valence-electron chi connectivity index (χ3n) is 2.14. The lowest BCUT2D eigenvalue weighted by Crippen LogP contribution is -2.33. The molecule has 0 saturated carbocycles. The summed E-state index contributed by atoms with van der Waals surface area (Å²) in [6, 6.07) is 0. The van der Waals surface area contributed by atoms with Crippen molar-refractivity contribution in [1.82, 2.24) is 0 Å². The van der Waals surface area contributed by atoms with E-state index in [-0.39, 0.29) is 0 Å². The first kappa shape index (κ1) is 13.9. The molecule has 0 heterocycles. The molecule has 0 aliphatic carbocycles. The van der Waals surface area contributed by atoms with Gasteiger partial charge in [-0.1, -0.05) is 13.8 Å². The quantitative estimate of drug-likeness (QED) is 0.731. The lowest BCUT2D eigenvalue weighted by molar-refractivity contribution is -0.165. The highest BCUT2D eigenvalue weighted by Gasteiger charge is 2.31. The second-order valence-electron chi connectivity index (χ2n) is 4.68. The number of carbonyl (C=O) groups is 2. The standard InChI is InChI=1S/C11H20O4/c1-6-8(9(12)13)7(2)10(14)15-11(3,4)5/h7-8H,6H2,1-5H3,(H,12,13). The van der Waals surface area contributed by atoms with E-state index in [0.29, 0.717) is 6.42 Å². The first-order valence-electron chi connectivity index (χ1n) is 5.14. The van der Waals surface area contributed by atoms with Gasteiger partial charge < -0.3 is 9.84 Å². The minimum atomic E-state index is -0.948. The van der Waals surface area contributed by atoms with Crippen LogP contribution in [0.15, 0.2) is 0 Å². The molecule has 0 aromatic rings. The summed E-state index contributed by atoms with van der Waals surface area (Å²) in [6.07, 6.45) is 0.426. The van der Waals surface area contributed by atoms with Gasteiger partial charge in [0.1, 0.15) is 5.60 Å². The molecule has 0 aliphatic heterocycles. The van der Waals surface area contributed by atoms with Crippen molar-refractivity contribution < 1.29 is 19.4 Å². The Morgan fingerprint density at radius 1 is 1.33 bits per heavy atom. The molecule has 1 N–H and O–H groups in total. The largest absolute Gasteiger partial charge is 0.481 e. The van der Waals surface area contributed by atoms with Crippen molar-refractivity contribution in [2.24, 2.45) is 11.8 Å². The highest BCUT2D eigenvalue weighted by molar-refractivity contribution is 5.80. The van der Waals surface area contributed by atoms with Gasteiger partial charge in [0.15, 0.2) is 0 Å². The minimum Gasteiger partial charge on any atom is -0.481 e. The van der Waals surface area contributed by atoms with Crippen LogP contribution in [0.2, 0.25) is 0 Å². The van der Waals surface area contributed by atoms with E-state index in [1.165, 1.54) is 0 Å². The molecule has 0 radical (unpaired) electrons. The molecule has 0 amide bonds. The number of carboxylic acid groups (broad SMARTS) is 1. The first-order valence-corrected chi connectivity index (χ1v) is 5.14. The molecule has 15 heavy (non-hydrogen) atoms. The Hall–Kier alpha value is -1.06. The van der Waals surface area contributed by atoms with Crippen molar-refractivity contribution in [3.8, 4) is 0 Å². The SMILES string of the molecule is CCC(C(=O)O)C(C)C(=O)OC(C)(C)C. The summed E-state index contributed by atoms with van der Waals surface area (Å²) in [5.41, 5.74) is -0.567. The van der Waals surface area contributed by atoms with E-state index in [4.69, 9.17) is 9.84 Å². The molecule has 0 saturated heterocycles. The van der Waals surface area contributed by atoms with Gasteiger partial charge in [-0.15, -0.1) is 0 Å². The smallest absolute Gasteiger partial charge is 0.310 e. The fourth-order valence-electron chi connectivity index (χ4n) is 1.30. The van der Waals surface area contributed by atoms with E-state index < -0.39 is 29.4 Å². The van der Waals surface area contributed by atoms with Gasteiger partial charge in [0.05, 0.1) is 11.8 Å². The van der Waals surface area contributed by atoms with Crippen LogP contribution < -0.4 is 0 Å². The number of ether oxygens (including phenoxy) is 1. The van der Waals surface area contributed by atoms with Crippen molar-refractivity contribution in [3.63, 3.8) is 0 Å². The Labute approximate surface area is 90.6 Å². The molecule has 0 aromatic heterocycles. The molecule has 4 heteroatoms. The Morgan fingerprint density at radius 2 is 1.80 bits per heavy atom. The van der Waals surface area contributed by atoms with E-state index in [0.717, 1.165) is 0 Å². The maximum absolute atomic E-state index is 11.6. The second kappa shape index (κ2) is 5.14. The lowest BCUT2D eigenvalue weighted by atomic mass is 9.91. The van der Waals surface area contributed by atoms with Gasteiger partial charge in [-0.25, -0.2) is 0 Å². The van der Waals surface area contributed by atoms with Gasteiger partial charge in [-0.05, 0) is 27.2 Å². The molecule has 4 nitrogen and oxygen atoms in total. The number of aliphatic carboxylic acids is 1.